The van der Waals surface area contributed by atoms with Gasteiger partial charge in [0.25, 0.3) is 0 Å². The van der Waals surface area contributed by atoms with Crippen LogP contribution in [-0.2, 0) is 9.59 Å². The van der Waals surface area contributed by atoms with E-state index >= 15 is 0 Å². The molecule has 0 radical (unpaired) electrons. The van der Waals surface area contributed by atoms with E-state index in [4.69, 9.17) is 0 Å². The maximum atomic E-state index is 11.1. The van der Waals surface area contributed by atoms with Crippen LogP contribution in [-0.4, -0.2) is 72.4 Å². The zero-order valence-electron chi connectivity index (χ0n) is 9.28. The van der Waals surface area contributed by atoms with Crippen LogP contribution in [0, 0.1) is 0 Å². The van der Waals surface area contributed by atoms with Gasteiger partial charge in [0, 0.05) is 37.7 Å². The van der Waals surface area contributed by atoms with Crippen LogP contribution >= 0.6 is 11.8 Å². The van der Waals surface area contributed by atoms with E-state index in [9.17, 15) is 9.59 Å². The lowest BCUT2D eigenvalue weighted by molar-refractivity contribution is -0.136. The molecular weight excluding hydrogens is 226 g/mol. The Morgan fingerprint density at radius 2 is 1.56 bits per heavy atom. The first-order valence-electron chi connectivity index (χ1n) is 5.59. The predicted octanol–water partition coefficient (Wildman–Crippen LogP) is -1.01. The van der Waals surface area contributed by atoms with E-state index in [0.717, 1.165) is 26.2 Å². The van der Waals surface area contributed by atoms with Crippen LogP contribution in [0.25, 0.3) is 0 Å². The Labute approximate surface area is 99.5 Å². The van der Waals surface area contributed by atoms with Gasteiger partial charge in [0.2, 0.25) is 11.8 Å². The molecule has 6 heteroatoms. The Morgan fingerprint density at radius 3 is 2.19 bits per heavy atom. The SMILES string of the molecule is O=C1CN(CCN2CCSCC2)CC(=O)N1. The number of piperazine rings is 1. The van der Waals surface area contributed by atoms with Gasteiger partial charge in [0.05, 0.1) is 13.1 Å². The van der Waals surface area contributed by atoms with Crippen LogP contribution in [0.3, 0.4) is 0 Å². The second-order valence-electron chi connectivity index (χ2n) is 4.14. The molecule has 16 heavy (non-hydrogen) atoms. The van der Waals surface area contributed by atoms with Crippen LogP contribution < -0.4 is 5.32 Å². The molecule has 2 aliphatic heterocycles. The van der Waals surface area contributed by atoms with Gasteiger partial charge in [0.15, 0.2) is 0 Å². The van der Waals surface area contributed by atoms with Crippen molar-refractivity contribution in [1.29, 1.82) is 0 Å². The van der Waals surface area contributed by atoms with Crippen LogP contribution in [0.15, 0.2) is 0 Å². The molecule has 0 saturated carbocycles. The molecule has 2 aliphatic rings. The lowest BCUT2D eigenvalue weighted by Gasteiger charge is -2.30. The number of thioether (sulfide) groups is 1. The average molecular weight is 243 g/mol. The third-order valence-corrected chi connectivity index (χ3v) is 3.79. The van der Waals surface area contributed by atoms with Crippen molar-refractivity contribution in [2.24, 2.45) is 0 Å². The number of amides is 2. The zero-order valence-corrected chi connectivity index (χ0v) is 10.1. The minimum atomic E-state index is -0.176. The van der Waals surface area contributed by atoms with Crippen molar-refractivity contribution in [2.45, 2.75) is 0 Å². The van der Waals surface area contributed by atoms with E-state index < -0.39 is 0 Å². The van der Waals surface area contributed by atoms with Crippen molar-refractivity contribution in [3.63, 3.8) is 0 Å². The third kappa shape index (κ3) is 3.47. The molecule has 2 rings (SSSR count). The van der Waals surface area contributed by atoms with Crippen molar-refractivity contribution in [3.8, 4) is 0 Å². The third-order valence-electron chi connectivity index (χ3n) is 2.85. The fourth-order valence-corrected chi connectivity index (χ4v) is 2.94. The topological polar surface area (TPSA) is 52.7 Å². The number of rotatable bonds is 3. The maximum Gasteiger partial charge on any atom is 0.240 e. The molecule has 0 aromatic heterocycles. The highest BCUT2D eigenvalue weighted by Crippen LogP contribution is 2.08. The fourth-order valence-electron chi connectivity index (χ4n) is 1.96. The zero-order chi connectivity index (χ0) is 11.4. The largest absolute Gasteiger partial charge is 0.300 e. The predicted molar refractivity (Wildman–Crippen MR) is 63.4 cm³/mol. The molecule has 0 aromatic carbocycles. The van der Waals surface area contributed by atoms with Crippen LogP contribution in [0.1, 0.15) is 0 Å². The van der Waals surface area contributed by atoms with Crippen molar-refractivity contribution < 1.29 is 9.59 Å². The first-order chi connectivity index (χ1) is 7.74. The molecule has 0 atom stereocenters. The Morgan fingerprint density at radius 1 is 1.00 bits per heavy atom. The number of hydrogen-bond acceptors (Lipinski definition) is 5. The Kier molecular flexibility index (Phi) is 4.20. The van der Waals surface area contributed by atoms with E-state index in [0.29, 0.717) is 13.1 Å². The number of carbonyl (C=O) groups excluding carboxylic acids is 2. The summed E-state index contributed by atoms with van der Waals surface area (Å²) in [6.45, 7) is 4.73. The standard InChI is InChI=1S/C10H17N3O2S/c14-9-7-13(8-10(15)11-9)2-1-12-3-5-16-6-4-12/h1-8H2,(H,11,14,15). The average Bonchev–Trinajstić information content (AvgIpc) is 2.27. The van der Waals surface area contributed by atoms with Crippen molar-refractivity contribution in [2.75, 3.05) is 50.8 Å². The summed E-state index contributed by atoms with van der Waals surface area (Å²) in [7, 11) is 0. The highest BCUT2D eigenvalue weighted by atomic mass is 32.2. The number of imide groups is 1. The smallest absolute Gasteiger partial charge is 0.240 e. The normalized spacial score (nSPS) is 24.5. The summed E-state index contributed by atoms with van der Waals surface area (Å²) >= 11 is 1.99. The van der Waals surface area contributed by atoms with Crippen LogP contribution in [0.2, 0.25) is 0 Å². The summed E-state index contributed by atoms with van der Waals surface area (Å²) in [4.78, 5) is 26.6. The monoisotopic (exact) mass is 243 g/mol. The maximum absolute atomic E-state index is 11.1. The van der Waals surface area contributed by atoms with E-state index in [1.165, 1.54) is 11.5 Å². The first-order valence-corrected chi connectivity index (χ1v) is 6.74. The molecule has 0 unspecified atom stereocenters. The van der Waals surface area contributed by atoms with Gasteiger partial charge in [0.1, 0.15) is 0 Å². The second-order valence-corrected chi connectivity index (χ2v) is 5.36. The van der Waals surface area contributed by atoms with Gasteiger partial charge >= 0.3 is 0 Å². The Balaban J connectivity index is 1.72. The molecule has 0 aliphatic carbocycles. The number of nitrogens with one attached hydrogen (secondary N) is 1. The lowest BCUT2D eigenvalue weighted by atomic mass is 10.3. The summed E-state index contributed by atoms with van der Waals surface area (Å²) in [5, 5.41) is 2.31. The molecule has 2 saturated heterocycles. The molecule has 0 aromatic rings. The van der Waals surface area contributed by atoms with Gasteiger partial charge in [-0.15, -0.1) is 0 Å². The molecule has 2 heterocycles. The molecule has 5 nitrogen and oxygen atoms in total. The lowest BCUT2D eigenvalue weighted by Crippen LogP contribution is -2.53. The van der Waals surface area contributed by atoms with Crippen molar-refractivity contribution in [1.82, 2.24) is 15.1 Å². The minimum absolute atomic E-state index is 0.176. The quantitative estimate of drug-likeness (QED) is 0.644. The molecule has 0 spiro atoms. The molecule has 2 amide bonds. The number of hydrogen-bond donors (Lipinski definition) is 1. The Hall–Kier alpha value is -0.590. The van der Waals surface area contributed by atoms with E-state index in [1.54, 1.807) is 0 Å². The summed E-state index contributed by atoms with van der Waals surface area (Å²) < 4.78 is 0. The van der Waals surface area contributed by atoms with Gasteiger partial charge in [-0.2, -0.15) is 11.8 Å². The van der Waals surface area contributed by atoms with E-state index in [2.05, 4.69) is 10.2 Å². The first kappa shape index (κ1) is 11.9. The number of carbonyl (C=O) groups is 2. The summed E-state index contributed by atoms with van der Waals surface area (Å²) in [5.41, 5.74) is 0. The fraction of sp³-hybridized carbons (Fsp3) is 0.800. The Bertz CT molecular complexity index is 263. The van der Waals surface area contributed by atoms with Gasteiger partial charge in [-0.1, -0.05) is 0 Å². The molecule has 90 valence electrons. The van der Waals surface area contributed by atoms with Gasteiger partial charge in [-0.05, 0) is 0 Å². The van der Waals surface area contributed by atoms with Gasteiger partial charge in [-0.25, -0.2) is 0 Å². The molecule has 2 fully saturated rings. The minimum Gasteiger partial charge on any atom is -0.300 e. The van der Waals surface area contributed by atoms with Crippen molar-refractivity contribution >= 4 is 23.6 Å². The number of nitrogens with zero attached hydrogens (tertiary/aromatic N) is 2. The van der Waals surface area contributed by atoms with E-state index in [1.807, 2.05) is 16.7 Å². The molecule has 0 bridgehead atoms. The summed E-state index contributed by atoms with van der Waals surface area (Å²) in [6.07, 6.45) is 0. The summed E-state index contributed by atoms with van der Waals surface area (Å²) in [6, 6.07) is 0. The highest BCUT2D eigenvalue weighted by molar-refractivity contribution is 7.99. The second kappa shape index (κ2) is 5.65. The van der Waals surface area contributed by atoms with Crippen LogP contribution in [0.4, 0.5) is 0 Å². The van der Waals surface area contributed by atoms with Gasteiger partial charge < -0.3 is 4.90 Å². The summed E-state index contributed by atoms with van der Waals surface area (Å²) in [5.74, 6) is 2.04. The highest BCUT2D eigenvalue weighted by Gasteiger charge is 2.22. The van der Waals surface area contributed by atoms with Gasteiger partial charge in [-0.3, -0.25) is 19.8 Å². The van der Waals surface area contributed by atoms with Crippen molar-refractivity contribution in [3.05, 3.63) is 0 Å². The molecule has 1 N–H and O–H groups in total. The van der Waals surface area contributed by atoms with E-state index in [-0.39, 0.29) is 11.8 Å². The molecular formula is C10H17N3O2S. The van der Waals surface area contributed by atoms with Crippen LogP contribution in [0.5, 0.6) is 0 Å².